The molecule has 0 fully saturated rings. The predicted molar refractivity (Wildman–Crippen MR) is 110 cm³/mol. The van der Waals surface area contributed by atoms with Gasteiger partial charge in [0.15, 0.2) is 6.61 Å². The summed E-state index contributed by atoms with van der Waals surface area (Å²) in [5.41, 5.74) is 1.21. The van der Waals surface area contributed by atoms with E-state index in [1.54, 1.807) is 17.8 Å². The molecule has 0 saturated heterocycles. The van der Waals surface area contributed by atoms with Gasteiger partial charge in [-0.3, -0.25) is 4.79 Å². The summed E-state index contributed by atoms with van der Waals surface area (Å²) in [5.74, 6) is -0.840. The van der Waals surface area contributed by atoms with Crippen LogP contribution in [0.25, 0.3) is 0 Å². The molecule has 1 aromatic heterocycles. The van der Waals surface area contributed by atoms with Gasteiger partial charge in [-0.15, -0.1) is 11.3 Å². The third kappa shape index (κ3) is 5.21. The molecule has 3 rings (SSSR count). The second-order valence-electron chi connectivity index (χ2n) is 5.86. The Morgan fingerprint density at radius 3 is 2.44 bits per heavy atom. The Balaban J connectivity index is 1.61. The maximum atomic E-state index is 12.2. The summed E-state index contributed by atoms with van der Waals surface area (Å²) in [4.78, 5) is 28.3. The van der Waals surface area contributed by atoms with Crippen molar-refractivity contribution in [1.29, 1.82) is 0 Å². The molecule has 0 aliphatic rings. The summed E-state index contributed by atoms with van der Waals surface area (Å²) in [6.45, 7) is 3.48. The van der Waals surface area contributed by atoms with Crippen LogP contribution in [0.3, 0.4) is 0 Å². The fraction of sp³-hybridized carbons (Fsp3) is 0.143. The van der Waals surface area contributed by atoms with Gasteiger partial charge in [-0.05, 0) is 44.2 Å². The van der Waals surface area contributed by atoms with Gasteiger partial charge in [-0.2, -0.15) is 0 Å². The molecular weight excluding hydrogens is 378 g/mol. The van der Waals surface area contributed by atoms with Crippen LogP contribution in [0.1, 0.15) is 20.1 Å². The van der Waals surface area contributed by atoms with Crippen LogP contribution in [0.15, 0.2) is 70.5 Å². The highest BCUT2D eigenvalue weighted by atomic mass is 32.2. The fourth-order valence-corrected chi connectivity index (χ4v) is 4.34. The number of nitrogens with one attached hydrogen (secondary N) is 1. The van der Waals surface area contributed by atoms with Gasteiger partial charge in [0, 0.05) is 19.5 Å². The number of carbonyl (C=O) groups is 2. The Morgan fingerprint density at radius 2 is 1.74 bits per heavy atom. The Labute approximate surface area is 166 Å². The lowest BCUT2D eigenvalue weighted by molar-refractivity contribution is -0.119. The summed E-state index contributed by atoms with van der Waals surface area (Å²) in [7, 11) is 0. The minimum atomic E-state index is -0.473. The number of benzene rings is 2. The largest absolute Gasteiger partial charge is 0.452 e. The quantitative estimate of drug-likeness (QED) is 0.573. The molecule has 4 nitrogen and oxygen atoms in total. The maximum absolute atomic E-state index is 12.2. The highest BCUT2D eigenvalue weighted by Crippen LogP contribution is 2.33. The second-order valence-corrected chi connectivity index (χ2v) is 8.44. The molecule has 3 aromatic rings. The summed E-state index contributed by atoms with van der Waals surface area (Å²) in [6, 6.07) is 19.3. The zero-order chi connectivity index (χ0) is 19.2. The number of hydrogen-bond donors (Lipinski definition) is 1. The fourth-order valence-electron chi connectivity index (χ4n) is 2.50. The van der Waals surface area contributed by atoms with Gasteiger partial charge in [0.25, 0.3) is 5.91 Å². The number of thiophene rings is 1. The van der Waals surface area contributed by atoms with Crippen LogP contribution in [0.5, 0.6) is 0 Å². The lowest BCUT2D eigenvalue weighted by Crippen LogP contribution is -2.21. The average molecular weight is 398 g/mol. The van der Waals surface area contributed by atoms with Crippen LogP contribution >= 0.6 is 23.1 Å². The number of ether oxygens (including phenoxy) is 1. The van der Waals surface area contributed by atoms with E-state index in [0.29, 0.717) is 11.3 Å². The summed E-state index contributed by atoms with van der Waals surface area (Å²) in [6.07, 6.45) is 0. The molecule has 0 bridgehead atoms. The Hall–Kier alpha value is -2.57. The Bertz CT molecular complexity index is 951. The Morgan fingerprint density at radius 1 is 1.04 bits per heavy atom. The monoisotopic (exact) mass is 397 g/mol. The summed E-state index contributed by atoms with van der Waals surface area (Å²) in [5, 5.41) is 2.82. The minimum Gasteiger partial charge on any atom is -0.452 e. The highest BCUT2D eigenvalue weighted by Gasteiger charge is 2.15. The number of esters is 1. The van der Waals surface area contributed by atoms with Crippen LogP contribution in [-0.2, 0) is 9.53 Å². The van der Waals surface area contributed by atoms with Crippen LogP contribution in [0.2, 0.25) is 0 Å². The first kappa shape index (κ1) is 19.2. The van der Waals surface area contributed by atoms with E-state index in [4.69, 9.17) is 4.74 Å². The summed E-state index contributed by atoms with van der Waals surface area (Å²) >= 11 is 3.09. The lowest BCUT2D eigenvalue weighted by Gasteiger charge is -2.11. The second kappa shape index (κ2) is 8.88. The molecule has 0 atom stereocenters. The number of amides is 1. The summed E-state index contributed by atoms with van der Waals surface area (Å²) < 4.78 is 5.16. The highest BCUT2D eigenvalue weighted by molar-refractivity contribution is 7.99. The number of rotatable bonds is 6. The smallest absolute Gasteiger partial charge is 0.339 e. The van der Waals surface area contributed by atoms with E-state index in [-0.39, 0.29) is 12.5 Å². The number of anilines is 1. The molecule has 0 saturated carbocycles. The van der Waals surface area contributed by atoms with Gasteiger partial charge in [-0.25, -0.2) is 4.79 Å². The average Bonchev–Trinajstić information content (AvgIpc) is 3.00. The van der Waals surface area contributed by atoms with E-state index >= 15 is 0 Å². The first-order valence-corrected chi connectivity index (χ1v) is 10.0. The van der Waals surface area contributed by atoms with Crippen molar-refractivity contribution in [3.05, 3.63) is 76.0 Å². The number of aryl methyl sites for hydroxylation is 2. The molecule has 138 valence electrons. The number of hydrogen-bond acceptors (Lipinski definition) is 5. The van der Waals surface area contributed by atoms with Crippen molar-refractivity contribution >= 4 is 40.7 Å². The molecule has 6 heteroatoms. The van der Waals surface area contributed by atoms with Crippen molar-refractivity contribution in [1.82, 2.24) is 0 Å². The molecular formula is C21H19NO3S2. The third-order valence-corrected chi connectivity index (χ3v) is 5.78. The molecule has 0 spiro atoms. The number of carbonyl (C=O) groups excluding carboxylic acids is 2. The topological polar surface area (TPSA) is 55.4 Å². The zero-order valence-corrected chi connectivity index (χ0v) is 16.7. The van der Waals surface area contributed by atoms with Crippen LogP contribution in [0.4, 0.5) is 5.69 Å². The van der Waals surface area contributed by atoms with Crippen molar-refractivity contribution in [3.63, 3.8) is 0 Å². The van der Waals surface area contributed by atoms with Crippen molar-refractivity contribution in [2.45, 2.75) is 23.6 Å². The van der Waals surface area contributed by atoms with Gasteiger partial charge in [0.1, 0.15) is 0 Å². The molecule has 1 heterocycles. The Kier molecular flexibility index (Phi) is 6.32. The van der Waals surface area contributed by atoms with E-state index < -0.39 is 5.97 Å². The molecule has 1 amide bonds. The van der Waals surface area contributed by atoms with Crippen molar-refractivity contribution in [2.75, 3.05) is 11.9 Å². The van der Waals surface area contributed by atoms with E-state index in [1.165, 1.54) is 11.3 Å². The van der Waals surface area contributed by atoms with Gasteiger partial charge < -0.3 is 10.1 Å². The number of para-hydroxylation sites is 1. The third-order valence-electron chi connectivity index (χ3n) is 3.73. The van der Waals surface area contributed by atoms with Crippen LogP contribution in [0, 0.1) is 13.8 Å². The molecule has 1 N–H and O–H groups in total. The SMILES string of the molecule is Cc1cc(C(=O)OCC(=O)Nc2ccccc2Sc2ccccc2)c(C)s1. The molecule has 0 unspecified atom stereocenters. The van der Waals surface area contributed by atoms with E-state index in [0.717, 1.165) is 19.5 Å². The van der Waals surface area contributed by atoms with Gasteiger partial charge in [0.2, 0.25) is 0 Å². The van der Waals surface area contributed by atoms with Gasteiger partial charge in [0.05, 0.1) is 11.3 Å². The first-order chi connectivity index (χ1) is 13.0. The molecule has 0 radical (unpaired) electrons. The van der Waals surface area contributed by atoms with E-state index in [2.05, 4.69) is 5.32 Å². The van der Waals surface area contributed by atoms with Gasteiger partial charge in [-0.1, -0.05) is 42.1 Å². The maximum Gasteiger partial charge on any atom is 0.339 e. The zero-order valence-electron chi connectivity index (χ0n) is 15.0. The standard InChI is InChI=1S/C21H19NO3S2/c1-14-12-17(15(2)26-14)21(24)25-13-20(23)22-18-10-6-7-11-19(18)27-16-8-4-3-5-9-16/h3-12H,13H2,1-2H3,(H,22,23). The first-order valence-electron chi connectivity index (χ1n) is 8.39. The van der Waals surface area contributed by atoms with E-state index in [9.17, 15) is 9.59 Å². The van der Waals surface area contributed by atoms with Crippen molar-refractivity contribution in [2.24, 2.45) is 0 Å². The van der Waals surface area contributed by atoms with Crippen LogP contribution in [-0.4, -0.2) is 18.5 Å². The molecule has 0 aliphatic heterocycles. The van der Waals surface area contributed by atoms with Crippen LogP contribution < -0.4 is 5.32 Å². The lowest BCUT2D eigenvalue weighted by atomic mass is 10.2. The van der Waals surface area contributed by atoms with E-state index in [1.807, 2.05) is 68.4 Å². The molecule has 27 heavy (non-hydrogen) atoms. The predicted octanol–water partition coefficient (Wildman–Crippen LogP) is 5.31. The molecule has 2 aromatic carbocycles. The van der Waals surface area contributed by atoms with Crippen molar-refractivity contribution in [3.8, 4) is 0 Å². The minimum absolute atomic E-state index is 0.322. The van der Waals surface area contributed by atoms with Gasteiger partial charge >= 0.3 is 5.97 Å². The van der Waals surface area contributed by atoms with Crippen molar-refractivity contribution < 1.29 is 14.3 Å². The molecule has 0 aliphatic carbocycles. The normalized spacial score (nSPS) is 10.4.